The Hall–Kier alpha value is -2.45. The van der Waals surface area contributed by atoms with Crippen molar-refractivity contribution in [3.8, 4) is 5.75 Å². The third-order valence-electron chi connectivity index (χ3n) is 6.10. The average Bonchev–Trinajstić information content (AvgIpc) is 2.73. The number of pyridine rings is 1. The molecular weight excluding hydrogens is 402 g/mol. The van der Waals surface area contributed by atoms with Crippen LogP contribution in [0.25, 0.3) is 0 Å². The Labute approximate surface area is 177 Å². The van der Waals surface area contributed by atoms with Gasteiger partial charge in [0.1, 0.15) is 11.0 Å². The van der Waals surface area contributed by atoms with Crippen molar-refractivity contribution in [1.29, 1.82) is 0 Å². The van der Waals surface area contributed by atoms with E-state index in [-0.39, 0.29) is 25.4 Å². The first-order chi connectivity index (χ1) is 14.5. The molecule has 2 aliphatic heterocycles. The number of nitrogens with zero attached hydrogens (tertiary/aromatic N) is 3. The summed E-state index contributed by atoms with van der Waals surface area (Å²) in [6, 6.07) is 11.4. The van der Waals surface area contributed by atoms with E-state index in [2.05, 4.69) is 4.98 Å². The standard InChI is InChI=1S/C22H27N3O4S/c1-29-20-4-2-3-17(13-20)14-22(26)24-15-21(16-24)30(27,28)25-11-7-19(8-12-25)18-5-9-23-10-6-18/h2-6,9-10,13,19,21H,7-8,11-12,14-16H2,1H3. The van der Waals surface area contributed by atoms with Gasteiger partial charge in [-0.2, -0.15) is 0 Å². The van der Waals surface area contributed by atoms with Gasteiger partial charge in [0, 0.05) is 38.6 Å². The van der Waals surface area contributed by atoms with Crippen molar-refractivity contribution in [3.63, 3.8) is 0 Å². The molecule has 0 bridgehead atoms. The van der Waals surface area contributed by atoms with Gasteiger partial charge in [-0.1, -0.05) is 12.1 Å². The molecule has 8 heteroatoms. The molecule has 2 fully saturated rings. The van der Waals surface area contributed by atoms with Crippen LogP contribution in [-0.2, 0) is 21.2 Å². The number of aromatic nitrogens is 1. The zero-order chi connectivity index (χ0) is 21.1. The second-order valence-corrected chi connectivity index (χ2v) is 10.2. The Morgan fingerprint density at radius 2 is 1.83 bits per heavy atom. The van der Waals surface area contributed by atoms with Gasteiger partial charge in [0.05, 0.1) is 13.5 Å². The van der Waals surface area contributed by atoms with E-state index in [0.717, 1.165) is 18.4 Å². The summed E-state index contributed by atoms with van der Waals surface area (Å²) in [5.41, 5.74) is 2.09. The fourth-order valence-corrected chi connectivity index (χ4v) is 6.07. The van der Waals surface area contributed by atoms with Crippen LogP contribution in [0.5, 0.6) is 5.75 Å². The van der Waals surface area contributed by atoms with Gasteiger partial charge in [0.2, 0.25) is 15.9 Å². The van der Waals surface area contributed by atoms with E-state index in [9.17, 15) is 13.2 Å². The highest BCUT2D eigenvalue weighted by atomic mass is 32.2. The van der Waals surface area contributed by atoms with Gasteiger partial charge >= 0.3 is 0 Å². The van der Waals surface area contributed by atoms with E-state index in [1.807, 2.05) is 36.4 Å². The maximum absolute atomic E-state index is 13.0. The van der Waals surface area contributed by atoms with Crippen LogP contribution in [0.1, 0.15) is 29.9 Å². The number of hydrogen-bond donors (Lipinski definition) is 0. The average molecular weight is 430 g/mol. The number of methoxy groups -OCH3 is 1. The lowest BCUT2D eigenvalue weighted by Crippen LogP contribution is -2.60. The Morgan fingerprint density at radius 1 is 1.13 bits per heavy atom. The first-order valence-electron chi connectivity index (χ1n) is 10.3. The molecule has 2 aromatic rings. The third-order valence-corrected chi connectivity index (χ3v) is 8.33. The molecule has 7 nitrogen and oxygen atoms in total. The number of sulfonamides is 1. The minimum atomic E-state index is -3.37. The van der Waals surface area contributed by atoms with Crippen LogP contribution in [0.4, 0.5) is 0 Å². The van der Waals surface area contributed by atoms with E-state index in [1.165, 1.54) is 5.56 Å². The minimum absolute atomic E-state index is 0.0499. The molecule has 4 rings (SSSR count). The molecule has 0 spiro atoms. The molecule has 0 saturated carbocycles. The Kier molecular flexibility index (Phi) is 6.06. The van der Waals surface area contributed by atoms with Gasteiger partial charge in [0.25, 0.3) is 0 Å². The molecular formula is C22H27N3O4S. The number of benzene rings is 1. The number of ether oxygens (including phenoxy) is 1. The Balaban J connectivity index is 1.29. The monoisotopic (exact) mass is 429 g/mol. The second-order valence-electron chi connectivity index (χ2n) is 7.95. The van der Waals surface area contributed by atoms with Crippen molar-refractivity contribution in [2.75, 3.05) is 33.3 Å². The SMILES string of the molecule is COc1cccc(CC(=O)N2CC(S(=O)(=O)N3CCC(c4ccncc4)CC3)C2)c1. The number of amides is 1. The molecule has 3 heterocycles. The zero-order valence-corrected chi connectivity index (χ0v) is 17.9. The molecule has 30 heavy (non-hydrogen) atoms. The zero-order valence-electron chi connectivity index (χ0n) is 17.1. The molecule has 0 aliphatic carbocycles. The molecule has 1 amide bonds. The van der Waals surface area contributed by atoms with E-state index in [4.69, 9.17) is 4.74 Å². The van der Waals surface area contributed by atoms with E-state index in [0.29, 0.717) is 24.8 Å². The predicted molar refractivity (Wildman–Crippen MR) is 114 cm³/mol. The fourth-order valence-electron chi connectivity index (χ4n) is 4.19. The number of carbonyl (C=O) groups is 1. The van der Waals surface area contributed by atoms with E-state index in [1.54, 1.807) is 28.7 Å². The topological polar surface area (TPSA) is 79.8 Å². The van der Waals surface area contributed by atoms with Gasteiger partial charge in [-0.25, -0.2) is 12.7 Å². The molecule has 0 unspecified atom stereocenters. The van der Waals surface area contributed by atoms with Crippen molar-refractivity contribution in [2.45, 2.75) is 30.4 Å². The number of likely N-dealkylation sites (tertiary alicyclic amines) is 1. The van der Waals surface area contributed by atoms with Gasteiger partial charge in [-0.3, -0.25) is 9.78 Å². The lowest BCUT2D eigenvalue weighted by Gasteiger charge is -2.42. The van der Waals surface area contributed by atoms with Crippen molar-refractivity contribution in [2.24, 2.45) is 0 Å². The quantitative estimate of drug-likeness (QED) is 0.702. The van der Waals surface area contributed by atoms with Crippen LogP contribution in [-0.4, -0.2) is 67.1 Å². The molecule has 2 saturated heterocycles. The predicted octanol–water partition coefficient (Wildman–Crippen LogP) is 2.05. The van der Waals surface area contributed by atoms with E-state index < -0.39 is 15.3 Å². The van der Waals surface area contributed by atoms with Crippen LogP contribution < -0.4 is 4.74 Å². The molecule has 0 N–H and O–H groups in total. The van der Waals surface area contributed by atoms with Gasteiger partial charge in [-0.15, -0.1) is 0 Å². The summed E-state index contributed by atoms with van der Waals surface area (Å²) < 4.78 is 32.8. The first kappa shape index (κ1) is 20.8. The lowest BCUT2D eigenvalue weighted by molar-refractivity contribution is -0.133. The van der Waals surface area contributed by atoms with Crippen molar-refractivity contribution >= 4 is 15.9 Å². The highest BCUT2D eigenvalue weighted by molar-refractivity contribution is 7.89. The summed E-state index contributed by atoms with van der Waals surface area (Å²) in [5, 5.41) is -0.496. The van der Waals surface area contributed by atoms with E-state index >= 15 is 0 Å². The summed E-state index contributed by atoms with van der Waals surface area (Å²) in [4.78, 5) is 18.2. The first-order valence-corrected chi connectivity index (χ1v) is 11.8. The minimum Gasteiger partial charge on any atom is -0.497 e. The number of carbonyl (C=O) groups excluding carboxylic acids is 1. The van der Waals surface area contributed by atoms with Crippen molar-refractivity contribution < 1.29 is 17.9 Å². The van der Waals surface area contributed by atoms with Crippen LogP contribution in [0.2, 0.25) is 0 Å². The molecule has 1 aromatic carbocycles. The van der Waals surface area contributed by atoms with Gasteiger partial charge in [0.15, 0.2) is 0 Å². The normalized spacial score (nSPS) is 18.8. The second kappa shape index (κ2) is 8.73. The van der Waals surface area contributed by atoms with Gasteiger partial charge in [-0.05, 0) is 54.2 Å². The Bertz CT molecular complexity index is 982. The number of piperidine rings is 1. The number of hydrogen-bond acceptors (Lipinski definition) is 5. The van der Waals surface area contributed by atoms with Crippen LogP contribution in [0, 0.1) is 0 Å². The maximum atomic E-state index is 13.0. The van der Waals surface area contributed by atoms with Gasteiger partial charge < -0.3 is 9.64 Å². The van der Waals surface area contributed by atoms with Crippen LogP contribution in [0.3, 0.4) is 0 Å². The third kappa shape index (κ3) is 4.34. The maximum Gasteiger partial charge on any atom is 0.227 e. The molecule has 0 atom stereocenters. The molecule has 160 valence electrons. The largest absolute Gasteiger partial charge is 0.497 e. The molecule has 0 radical (unpaired) electrons. The van der Waals surface area contributed by atoms with Crippen molar-refractivity contribution in [3.05, 3.63) is 59.9 Å². The highest BCUT2D eigenvalue weighted by Gasteiger charge is 2.43. The highest BCUT2D eigenvalue weighted by Crippen LogP contribution is 2.31. The summed E-state index contributed by atoms with van der Waals surface area (Å²) in [7, 11) is -1.78. The summed E-state index contributed by atoms with van der Waals surface area (Å²) in [5.74, 6) is 1.03. The summed E-state index contributed by atoms with van der Waals surface area (Å²) >= 11 is 0. The summed E-state index contributed by atoms with van der Waals surface area (Å²) in [6.45, 7) is 1.61. The molecule has 1 aromatic heterocycles. The summed E-state index contributed by atoms with van der Waals surface area (Å²) in [6.07, 6.45) is 5.44. The van der Waals surface area contributed by atoms with Crippen molar-refractivity contribution in [1.82, 2.24) is 14.2 Å². The van der Waals surface area contributed by atoms with Crippen LogP contribution >= 0.6 is 0 Å². The smallest absolute Gasteiger partial charge is 0.227 e. The lowest BCUT2D eigenvalue weighted by atomic mass is 9.91. The number of rotatable bonds is 6. The molecule has 2 aliphatic rings. The van der Waals surface area contributed by atoms with Crippen LogP contribution in [0.15, 0.2) is 48.8 Å². The fraction of sp³-hybridized carbons (Fsp3) is 0.455. The Morgan fingerprint density at radius 3 is 2.50 bits per heavy atom.